The summed E-state index contributed by atoms with van der Waals surface area (Å²) in [5.41, 5.74) is 20.0. The van der Waals surface area contributed by atoms with Gasteiger partial charge in [0.05, 0.1) is 11.4 Å². The summed E-state index contributed by atoms with van der Waals surface area (Å²) in [7, 11) is 0. The summed E-state index contributed by atoms with van der Waals surface area (Å²) in [6.07, 6.45) is 0. The summed E-state index contributed by atoms with van der Waals surface area (Å²) < 4.78 is 0. The van der Waals surface area contributed by atoms with Crippen LogP contribution in [0.5, 0.6) is 0 Å². The van der Waals surface area contributed by atoms with Gasteiger partial charge >= 0.3 is 0 Å². The van der Waals surface area contributed by atoms with Crippen LogP contribution in [0.4, 0.5) is 34.1 Å². The van der Waals surface area contributed by atoms with E-state index in [4.69, 9.17) is 4.98 Å². The van der Waals surface area contributed by atoms with Crippen molar-refractivity contribution in [3.63, 3.8) is 0 Å². The molecular formula is C58H47N3. The molecule has 3 nitrogen and oxygen atoms in total. The van der Waals surface area contributed by atoms with Gasteiger partial charge in [-0.1, -0.05) is 136 Å². The van der Waals surface area contributed by atoms with Crippen LogP contribution >= 0.6 is 0 Å². The second-order valence-corrected chi connectivity index (χ2v) is 17.8. The third-order valence-electron chi connectivity index (χ3n) is 13.2. The Morgan fingerprint density at radius 3 is 1.48 bits per heavy atom. The van der Waals surface area contributed by atoms with E-state index in [0.717, 1.165) is 45.5 Å². The van der Waals surface area contributed by atoms with Gasteiger partial charge in [-0.3, -0.25) is 4.98 Å². The summed E-state index contributed by atoms with van der Waals surface area (Å²) >= 11 is 0. The van der Waals surface area contributed by atoms with Crippen LogP contribution in [0.25, 0.3) is 44.3 Å². The molecule has 61 heavy (non-hydrogen) atoms. The number of pyridine rings is 1. The van der Waals surface area contributed by atoms with E-state index in [0.29, 0.717) is 0 Å². The topological polar surface area (TPSA) is 19.4 Å². The lowest BCUT2D eigenvalue weighted by Gasteiger charge is -2.28. The van der Waals surface area contributed by atoms with Crippen LogP contribution in [0.3, 0.4) is 0 Å². The van der Waals surface area contributed by atoms with Gasteiger partial charge in [-0.25, -0.2) is 0 Å². The average molecular weight is 786 g/mol. The lowest BCUT2D eigenvalue weighted by molar-refractivity contribution is 0.631. The van der Waals surface area contributed by atoms with Gasteiger partial charge in [-0.15, -0.1) is 0 Å². The summed E-state index contributed by atoms with van der Waals surface area (Å²) in [5, 5.41) is 2.43. The molecule has 0 atom stereocenters. The molecule has 0 unspecified atom stereocenters. The average Bonchev–Trinajstić information content (AvgIpc) is 3.65. The van der Waals surface area contributed by atoms with Crippen molar-refractivity contribution in [2.24, 2.45) is 0 Å². The fourth-order valence-electron chi connectivity index (χ4n) is 9.89. The smallest absolute Gasteiger partial charge is 0.0750 e. The minimum absolute atomic E-state index is 0.213. The molecule has 0 amide bonds. The zero-order chi connectivity index (χ0) is 41.5. The minimum Gasteiger partial charge on any atom is -0.310 e. The second kappa shape index (κ2) is 13.9. The van der Waals surface area contributed by atoms with Gasteiger partial charge in [0.25, 0.3) is 0 Å². The number of hydrogen-bond acceptors (Lipinski definition) is 3. The molecule has 0 spiro atoms. The standard InChI is InChI=1S/C58H47N3/c1-38-21-27-46(28-22-38)61(45-19-13-8-14-20-45)48-30-32-49-51-37-54-55(59-56(51)58(4,5)53(49)36-48)50-31-26-42(35-52(50)57(54,2)3)39-23-24-41-34-47(29-25-40(41)33-39)60(43-15-9-6-10-16-43)44-17-11-7-12-18-44/h6-37H,1-5H3. The number of anilines is 6. The predicted octanol–water partition coefficient (Wildman–Crippen LogP) is 15.8. The maximum absolute atomic E-state index is 5.63. The Bertz CT molecular complexity index is 3090. The molecule has 2 aliphatic rings. The van der Waals surface area contributed by atoms with Crippen LogP contribution in [-0.2, 0) is 10.8 Å². The van der Waals surface area contributed by atoms with Crippen LogP contribution in [0.1, 0.15) is 55.6 Å². The van der Waals surface area contributed by atoms with Gasteiger partial charge < -0.3 is 9.80 Å². The largest absolute Gasteiger partial charge is 0.310 e. The van der Waals surface area contributed by atoms with Crippen molar-refractivity contribution in [1.29, 1.82) is 0 Å². The van der Waals surface area contributed by atoms with E-state index in [1.54, 1.807) is 0 Å². The Morgan fingerprint density at radius 1 is 0.361 bits per heavy atom. The second-order valence-electron chi connectivity index (χ2n) is 17.8. The van der Waals surface area contributed by atoms with Crippen molar-refractivity contribution in [3.05, 3.63) is 222 Å². The number of nitrogens with zero attached hydrogens (tertiary/aromatic N) is 3. The van der Waals surface area contributed by atoms with E-state index in [9.17, 15) is 0 Å². The Balaban J connectivity index is 0.936. The van der Waals surface area contributed by atoms with Crippen molar-refractivity contribution in [3.8, 4) is 33.5 Å². The number of aromatic nitrogens is 1. The molecule has 0 saturated heterocycles. The number of hydrogen-bond donors (Lipinski definition) is 0. The minimum atomic E-state index is -0.275. The zero-order valence-electron chi connectivity index (χ0n) is 35.3. The molecule has 0 bridgehead atoms. The molecule has 3 heteroatoms. The highest BCUT2D eigenvalue weighted by Gasteiger charge is 2.43. The maximum atomic E-state index is 5.63. The highest BCUT2D eigenvalue weighted by atomic mass is 15.1. The van der Waals surface area contributed by atoms with E-state index < -0.39 is 0 Å². The molecule has 1 aromatic heterocycles. The Hall–Kier alpha value is -7.23. The lowest BCUT2D eigenvalue weighted by atomic mass is 9.81. The van der Waals surface area contributed by atoms with Crippen LogP contribution in [0.2, 0.25) is 0 Å². The molecule has 0 N–H and O–H groups in total. The number of fused-ring (bicyclic) bond motifs is 7. The first kappa shape index (κ1) is 36.8. The molecule has 8 aromatic carbocycles. The van der Waals surface area contributed by atoms with Gasteiger partial charge in [0.2, 0.25) is 0 Å². The van der Waals surface area contributed by atoms with Crippen molar-refractivity contribution < 1.29 is 0 Å². The van der Waals surface area contributed by atoms with Crippen molar-refractivity contribution in [2.75, 3.05) is 9.80 Å². The van der Waals surface area contributed by atoms with Gasteiger partial charge in [0, 0.05) is 56.1 Å². The van der Waals surface area contributed by atoms with Crippen LogP contribution in [0, 0.1) is 6.92 Å². The Labute approximate surface area is 359 Å². The molecular weight excluding hydrogens is 739 g/mol. The SMILES string of the molecule is Cc1ccc(N(c2ccccc2)c2ccc3c(c2)C(C)(C)c2nc4c(cc2-3)C(C)(C)c2cc(-c3ccc5cc(N(c6ccccc6)c6ccccc6)ccc5c3)ccc2-4)cc1. The Morgan fingerprint density at radius 2 is 0.836 bits per heavy atom. The van der Waals surface area contributed by atoms with Crippen LogP contribution < -0.4 is 9.80 Å². The third kappa shape index (κ3) is 5.98. The molecule has 0 fully saturated rings. The van der Waals surface area contributed by atoms with Crippen LogP contribution in [0.15, 0.2) is 194 Å². The zero-order valence-corrected chi connectivity index (χ0v) is 35.3. The first-order valence-electron chi connectivity index (χ1n) is 21.4. The molecule has 0 aliphatic heterocycles. The van der Waals surface area contributed by atoms with Gasteiger partial charge in [-0.2, -0.15) is 0 Å². The molecule has 1 heterocycles. The summed E-state index contributed by atoms with van der Waals surface area (Å²) in [6.45, 7) is 11.6. The molecule has 11 rings (SSSR count). The molecule has 294 valence electrons. The molecule has 0 radical (unpaired) electrons. The van der Waals surface area contributed by atoms with E-state index in [-0.39, 0.29) is 10.8 Å². The van der Waals surface area contributed by atoms with E-state index in [1.165, 1.54) is 60.8 Å². The van der Waals surface area contributed by atoms with Gasteiger partial charge in [0.1, 0.15) is 0 Å². The maximum Gasteiger partial charge on any atom is 0.0750 e. The van der Waals surface area contributed by atoms with Crippen LogP contribution in [-0.4, -0.2) is 4.98 Å². The molecule has 2 aliphatic carbocycles. The highest BCUT2D eigenvalue weighted by molar-refractivity contribution is 5.94. The first-order valence-corrected chi connectivity index (χ1v) is 21.4. The number of aryl methyl sites for hydroxylation is 1. The summed E-state index contributed by atoms with van der Waals surface area (Å²) in [5.74, 6) is 0. The predicted molar refractivity (Wildman–Crippen MR) is 256 cm³/mol. The normalized spacial score (nSPS) is 13.9. The first-order chi connectivity index (χ1) is 29.6. The molecule has 0 saturated carbocycles. The van der Waals surface area contributed by atoms with Gasteiger partial charge in [-0.05, 0) is 142 Å². The van der Waals surface area contributed by atoms with Crippen molar-refractivity contribution in [2.45, 2.75) is 45.4 Å². The molecule has 9 aromatic rings. The number of rotatable bonds is 7. The summed E-state index contributed by atoms with van der Waals surface area (Å²) in [6, 6.07) is 70.8. The van der Waals surface area contributed by atoms with Gasteiger partial charge in [0.15, 0.2) is 0 Å². The quantitative estimate of drug-likeness (QED) is 0.160. The highest BCUT2D eigenvalue weighted by Crippen LogP contribution is 2.56. The monoisotopic (exact) mass is 785 g/mol. The lowest BCUT2D eigenvalue weighted by Crippen LogP contribution is -2.19. The summed E-state index contributed by atoms with van der Waals surface area (Å²) in [4.78, 5) is 10.3. The van der Waals surface area contributed by atoms with Crippen molar-refractivity contribution >= 4 is 44.9 Å². The fourth-order valence-corrected chi connectivity index (χ4v) is 9.89. The van der Waals surface area contributed by atoms with Crippen molar-refractivity contribution in [1.82, 2.24) is 4.98 Å². The fraction of sp³-hybridized carbons (Fsp3) is 0.121. The van der Waals surface area contributed by atoms with E-state index in [2.05, 4.69) is 239 Å². The van der Waals surface area contributed by atoms with E-state index >= 15 is 0 Å². The number of para-hydroxylation sites is 3. The Kier molecular flexibility index (Phi) is 8.41. The van der Waals surface area contributed by atoms with E-state index in [1.807, 2.05) is 0 Å². The number of benzene rings is 8. The third-order valence-corrected chi connectivity index (χ3v) is 13.2.